The van der Waals surface area contributed by atoms with E-state index in [0.29, 0.717) is 5.76 Å². The molecule has 12 heavy (non-hydrogen) atoms. The summed E-state index contributed by atoms with van der Waals surface area (Å²) in [6.45, 7) is 8.04. The van der Waals surface area contributed by atoms with Gasteiger partial charge in [0.25, 0.3) is 0 Å². The second-order valence-electron chi connectivity index (χ2n) is 4.03. The van der Waals surface area contributed by atoms with Gasteiger partial charge in [-0.05, 0) is 18.6 Å². The second-order valence-corrected chi connectivity index (χ2v) is 4.03. The first-order valence-electron chi connectivity index (χ1n) is 4.01. The Labute approximate surface area is 72.6 Å². The van der Waals surface area contributed by atoms with Crippen LogP contribution in [0.1, 0.15) is 42.6 Å². The Morgan fingerprint density at radius 3 is 2.25 bits per heavy atom. The van der Waals surface area contributed by atoms with Gasteiger partial charge in [0.1, 0.15) is 5.76 Å². The lowest BCUT2D eigenvalue weighted by Crippen LogP contribution is -2.09. The minimum atomic E-state index is -0.0218. The van der Waals surface area contributed by atoms with Crippen LogP contribution in [0.15, 0.2) is 10.5 Å². The fraction of sp³-hybridized carbons (Fsp3) is 0.500. The molecule has 1 rings (SSSR count). The van der Waals surface area contributed by atoms with Crippen molar-refractivity contribution >= 4 is 6.29 Å². The zero-order valence-electron chi connectivity index (χ0n) is 7.97. The highest BCUT2D eigenvalue weighted by Crippen LogP contribution is 2.25. The third kappa shape index (κ3) is 1.58. The van der Waals surface area contributed by atoms with Crippen LogP contribution in [0.3, 0.4) is 0 Å². The summed E-state index contributed by atoms with van der Waals surface area (Å²) in [7, 11) is 0. The monoisotopic (exact) mass is 166 g/mol. The molecule has 0 amide bonds. The highest BCUT2D eigenvalue weighted by atomic mass is 16.3. The third-order valence-corrected chi connectivity index (χ3v) is 1.80. The van der Waals surface area contributed by atoms with Crippen molar-refractivity contribution in [3.05, 3.63) is 23.2 Å². The van der Waals surface area contributed by atoms with Crippen molar-refractivity contribution in [1.82, 2.24) is 0 Å². The molecule has 0 aliphatic rings. The molecule has 0 saturated heterocycles. The van der Waals surface area contributed by atoms with Crippen LogP contribution >= 0.6 is 0 Å². The minimum absolute atomic E-state index is 0.0218. The van der Waals surface area contributed by atoms with Crippen LogP contribution in [-0.4, -0.2) is 6.29 Å². The van der Waals surface area contributed by atoms with E-state index >= 15 is 0 Å². The summed E-state index contributed by atoms with van der Waals surface area (Å²) in [6, 6.07) is 1.92. The Bertz CT molecular complexity index is 289. The van der Waals surface area contributed by atoms with E-state index < -0.39 is 0 Å². The number of carbonyl (C=O) groups excluding carboxylic acids is 1. The Morgan fingerprint density at radius 1 is 1.42 bits per heavy atom. The third-order valence-electron chi connectivity index (χ3n) is 1.80. The summed E-state index contributed by atoms with van der Waals surface area (Å²) < 4.78 is 5.36. The molecular weight excluding hydrogens is 152 g/mol. The smallest absolute Gasteiger partial charge is 0.185 e. The molecule has 1 heterocycles. The highest BCUT2D eigenvalue weighted by molar-refractivity contribution is 5.73. The molecule has 1 aromatic rings. The number of aryl methyl sites for hydroxylation is 1. The van der Waals surface area contributed by atoms with E-state index in [1.165, 1.54) is 0 Å². The average molecular weight is 166 g/mol. The van der Waals surface area contributed by atoms with Crippen molar-refractivity contribution in [1.29, 1.82) is 0 Å². The fourth-order valence-electron chi connectivity index (χ4n) is 0.983. The van der Waals surface area contributed by atoms with E-state index in [9.17, 15) is 4.79 Å². The highest BCUT2D eigenvalue weighted by Gasteiger charge is 2.19. The molecule has 2 nitrogen and oxygen atoms in total. The Kier molecular flexibility index (Phi) is 2.09. The van der Waals surface area contributed by atoms with Gasteiger partial charge < -0.3 is 4.42 Å². The maximum absolute atomic E-state index is 10.5. The van der Waals surface area contributed by atoms with Gasteiger partial charge in [0.15, 0.2) is 12.0 Å². The Morgan fingerprint density at radius 2 is 2.00 bits per heavy atom. The number of furan rings is 1. The first-order chi connectivity index (χ1) is 5.45. The first-order valence-corrected chi connectivity index (χ1v) is 4.01. The molecule has 0 saturated carbocycles. The number of hydrogen-bond acceptors (Lipinski definition) is 2. The Balaban J connectivity index is 3.13. The van der Waals surface area contributed by atoms with Crippen LogP contribution < -0.4 is 0 Å². The normalized spacial score (nSPS) is 11.7. The number of carbonyl (C=O) groups is 1. The van der Waals surface area contributed by atoms with E-state index in [0.717, 1.165) is 17.6 Å². The van der Waals surface area contributed by atoms with Crippen LogP contribution in [0.5, 0.6) is 0 Å². The van der Waals surface area contributed by atoms with Crippen molar-refractivity contribution < 1.29 is 9.21 Å². The number of hydrogen-bond donors (Lipinski definition) is 0. The minimum Gasteiger partial charge on any atom is -0.457 e. The van der Waals surface area contributed by atoms with E-state index in [2.05, 4.69) is 20.8 Å². The molecule has 0 fully saturated rings. The van der Waals surface area contributed by atoms with Crippen LogP contribution in [0.25, 0.3) is 0 Å². The second kappa shape index (κ2) is 2.77. The summed E-state index contributed by atoms with van der Waals surface area (Å²) in [5, 5.41) is 0. The van der Waals surface area contributed by atoms with Crippen molar-refractivity contribution in [2.75, 3.05) is 0 Å². The molecule has 0 N–H and O–H groups in total. The van der Waals surface area contributed by atoms with Crippen molar-refractivity contribution in [3.8, 4) is 0 Å². The van der Waals surface area contributed by atoms with Crippen molar-refractivity contribution in [2.45, 2.75) is 33.1 Å². The molecular formula is C10H14O2. The van der Waals surface area contributed by atoms with Crippen LogP contribution in [-0.2, 0) is 5.41 Å². The van der Waals surface area contributed by atoms with Gasteiger partial charge in [0.05, 0.1) is 0 Å². The molecule has 0 aliphatic carbocycles. The number of aldehydes is 1. The first kappa shape index (κ1) is 9.04. The average Bonchev–Trinajstić information content (AvgIpc) is 2.29. The standard InChI is InChI=1S/C10H14O2/c1-7-5-9(10(2,3)4)12-8(7)6-11/h5-6H,1-4H3. The van der Waals surface area contributed by atoms with E-state index in [4.69, 9.17) is 4.42 Å². The van der Waals surface area contributed by atoms with Crippen molar-refractivity contribution in [2.24, 2.45) is 0 Å². The van der Waals surface area contributed by atoms with E-state index in [1.807, 2.05) is 13.0 Å². The molecule has 0 bridgehead atoms. The zero-order chi connectivity index (χ0) is 9.35. The van der Waals surface area contributed by atoms with Gasteiger partial charge in [-0.15, -0.1) is 0 Å². The molecule has 0 aliphatic heterocycles. The number of rotatable bonds is 1. The largest absolute Gasteiger partial charge is 0.457 e. The summed E-state index contributed by atoms with van der Waals surface area (Å²) in [4.78, 5) is 10.5. The van der Waals surface area contributed by atoms with Crippen LogP contribution in [0.2, 0.25) is 0 Å². The summed E-state index contributed by atoms with van der Waals surface area (Å²) in [5.41, 5.74) is 0.890. The van der Waals surface area contributed by atoms with E-state index in [-0.39, 0.29) is 5.41 Å². The predicted molar refractivity (Wildman–Crippen MR) is 47.5 cm³/mol. The lowest BCUT2D eigenvalue weighted by atomic mass is 9.93. The van der Waals surface area contributed by atoms with Crippen molar-refractivity contribution in [3.63, 3.8) is 0 Å². The topological polar surface area (TPSA) is 30.2 Å². The molecule has 1 aromatic heterocycles. The van der Waals surface area contributed by atoms with Crippen LogP contribution in [0, 0.1) is 6.92 Å². The van der Waals surface area contributed by atoms with Gasteiger partial charge in [-0.1, -0.05) is 20.8 Å². The Hall–Kier alpha value is -1.05. The molecule has 0 spiro atoms. The van der Waals surface area contributed by atoms with Gasteiger partial charge in [-0.2, -0.15) is 0 Å². The van der Waals surface area contributed by atoms with Gasteiger partial charge in [0.2, 0.25) is 0 Å². The molecule has 2 heteroatoms. The van der Waals surface area contributed by atoms with E-state index in [1.54, 1.807) is 0 Å². The molecule has 0 unspecified atom stereocenters. The summed E-state index contributed by atoms with van der Waals surface area (Å²) in [6.07, 6.45) is 0.755. The molecule has 0 radical (unpaired) electrons. The lowest BCUT2D eigenvalue weighted by molar-refractivity contribution is 0.109. The molecule has 0 atom stereocenters. The fourth-order valence-corrected chi connectivity index (χ4v) is 0.983. The molecule has 66 valence electrons. The molecule has 0 aromatic carbocycles. The van der Waals surface area contributed by atoms with Gasteiger partial charge in [-0.3, -0.25) is 4.79 Å². The summed E-state index contributed by atoms with van der Waals surface area (Å²) in [5.74, 6) is 1.31. The van der Waals surface area contributed by atoms with Gasteiger partial charge in [0, 0.05) is 5.41 Å². The quantitative estimate of drug-likeness (QED) is 0.600. The zero-order valence-corrected chi connectivity index (χ0v) is 7.97. The lowest BCUT2D eigenvalue weighted by Gasteiger charge is -2.13. The maximum Gasteiger partial charge on any atom is 0.185 e. The maximum atomic E-state index is 10.5. The predicted octanol–water partition coefficient (Wildman–Crippen LogP) is 2.70. The summed E-state index contributed by atoms with van der Waals surface area (Å²) >= 11 is 0. The van der Waals surface area contributed by atoms with Crippen LogP contribution in [0.4, 0.5) is 0 Å². The SMILES string of the molecule is Cc1cc(C(C)(C)C)oc1C=O. The van der Waals surface area contributed by atoms with Gasteiger partial charge in [-0.25, -0.2) is 0 Å². The van der Waals surface area contributed by atoms with Gasteiger partial charge >= 0.3 is 0 Å².